The van der Waals surface area contributed by atoms with Crippen molar-refractivity contribution >= 4 is 29.2 Å². The van der Waals surface area contributed by atoms with Crippen LogP contribution in [0.1, 0.15) is 42.4 Å². The first-order valence-electron chi connectivity index (χ1n) is 10.5. The summed E-state index contributed by atoms with van der Waals surface area (Å²) < 4.78 is 5.97. The van der Waals surface area contributed by atoms with Crippen LogP contribution >= 0.6 is 11.6 Å². The number of carboxylic acids is 1. The Kier molecular flexibility index (Phi) is 8.28. The Morgan fingerprint density at radius 3 is 2.34 bits per heavy atom. The smallest absolute Gasteiger partial charge is 0.303 e. The molecule has 3 aromatic carbocycles. The van der Waals surface area contributed by atoms with Crippen LogP contribution in [0.2, 0.25) is 5.02 Å². The van der Waals surface area contributed by atoms with Gasteiger partial charge in [-0.05, 0) is 54.7 Å². The normalized spacial score (nSPS) is 11.6. The molecule has 2 N–H and O–H groups in total. The zero-order valence-electron chi connectivity index (χ0n) is 17.9. The molecule has 3 aromatic rings. The Hall–Kier alpha value is -3.31. The van der Waals surface area contributed by atoms with Crippen molar-refractivity contribution < 1.29 is 19.4 Å². The summed E-state index contributed by atoms with van der Waals surface area (Å²) in [5, 5.41) is 12.2. The Bertz CT molecular complexity index is 1070. The number of para-hydroxylation sites is 2. The van der Waals surface area contributed by atoms with Crippen molar-refractivity contribution in [1.82, 2.24) is 0 Å². The van der Waals surface area contributed by atoms with Crippen LogP contribution in [0.15, 0.2) is 72.8 Å². The van der Waals surface area contributed by atoms with Gasteiger partial charge in [0.2, 0.25) is 5.91 Å². The number of aliphatic carboxylic acids is 1. The van der Waals surface area contributed by atoms with Crippen LogP contribution in [0.5, 0.6) is 5.75 Å². The minimum Gasteiger partial charge on any atom is -0.487 e. The van der Waals surface area contributed by atoms with E-state index in [1.807, 2.05) is 67.6 Å². The molecule has 0 aliphatic rings. The average molecular weight is 452 g/mol. The summed E-state index contributed by atoms with van der Waals surface area (Å²) in [6, 6.07) is 22.5. The first-order valence-corrected chi connectivity index (χ1v) is 10.9. The van der Waals surface area contributed by atoms with Gasteiger partial charge in [-0.1, -0.05) is 66.2 Å². The molecule has 0 spiro atoms. The van der Waals surface area contributed by atoms with E-state index in [9.17, 15) is 9.59 Å². The number of carboxylic acid groups (broad SMARTS) is 1. The number of ether oxygens (including phenoxy) is 1. The van der Waals surface area contributed by atoms with E-state index < -0.39 is 11.9 Å². The second-order valence-corrected chi connectivity index (χ2v) is 7.99. The number of halogens is 1. The highest BCUT2D eigenvalue weighted by atomic mass is 35.5. The summed E-state index contributed by atoms with van der Waals surface area (Å²) in [4.78, 5) is 23.4. The fourth-order valence-corrected chi connectivity index (χ4v) is 3.61. The Morgan fingerprint density at radius 1 is 0.969 bits per heavy atom. The molecule has 3 rings (SSSR count). The Morgan fingerprint density at radius 2 is 1.62 bits per heavy atom. The molecule has 0 aliphatic heterocycles. The fourth-order valence-electron chi connectivity index (χ4n) is 3.31. The lowest BCUT2D eigenvalue weighted by molar-refractivity contribution is -0.137. The first kappa shape index (κ1) is 23.4. The number of carbonyl (C=O) groups excluding carboxylic acids is 1. The average Bonchev–Trinajstić information content (AvgIpc) is 2.79. The summed E-state index contributed by atoms with van der Waals surface area (Å²) in [6.07, 6.45) is 1.51. The lowest BCUT2D eigenvalue weighted by atomic mass is 10.0. The number of carbonyl (C=O) groups is 2. The predicted octanol–water partition coefficient (Wildman–Crippen LogP) is 6.07. The molecule has 0 radical (unpaired) electrons. The molecule has 0 saturated carbocycles. The van der Waals surface area contributed by atoms with E-state index in [0.717, 1.165) is 23.1 Å². The summed E-state index contributed by atoms with van der Waals surface area (Å²) in [5.74, 6) is -0.773. The van der Waals surface area contributed by atoms with Gasteiger partial charge in [-0.25, -0.2) is 0 Å². The SMILES string of the molecule is CC(C(=O)Nc1ccccc1OCc1ccc(CCCC(=O)O)cc1)c1ccccc1Cl. The van der Waals surface area contributed by atoms with Crippen LogP contribution < -0.4 is 10.1 Å². The number of amides is 1. The van der Waals surface area contributed by atoms with Crippen LogP contribution in [-0.2, 0) is 22.6 Å². The van der Waals surface area contributed by atoms with Gasteiger partial charge in [-0.15, -0.1) is 0 Å². The summed E-state index contributed by atoms with van der Waals surface area (Å²) in [6.45, 7) is 2.17. The Balaban J connectivity index is 1.60. The zero-order chi connectivity index (χ0) is 22.9. The highest BCUT2D eigenvalue weighted by Gasteiger charge is 2.19. The van der Waals surface area contributed by atoms with Gasteiger partial charge in [0.1, 0.15) is 12.4 Å². The van der Waals surface area contributed by atoms with Crippen molar-refractivity contribution in [3.8, 4) is 5.75 Å². The molecule has 1 amide bonds. The maximum Gasteiger partial charge on any atom is 0.303 e. The van der Waals surface area contributed by atoms with Gasteiger partial charge in [0.05, 0.1) is 11.6 Å². The molecule has 0 aliphatic carbocycles. The lowest BCUT2D eigenvalue weighted by Gasteiger charge is -2.16. The third-order valence-electron chi connectivity index (χ3n) is 5.18. The van der Waals surface area contributed by atoms with Gasteiger partial charge >= 0.3 is 5.97 Å². The number of anilines is 1. The molecule has 1 atom stereocenters. The van der Waals surface area contributed by atoms with Crippen molar-refractivity contribution in [2.75, 3.05) is 5.32 Å². The predicted molar refractivity (Wildman–Crippen MR) is 126 cm³/mol. The maximum absolute atomic E-state index is 12.8. The van der Waals surface area contributed by atoms with Crippen LogP contribution in [0, 0.1) is 0 Å². The quantitative estimate of drug-likeness (QED) is 0.392. The first-order chi connectivity index (χ1) is 15.4. The van der Waals surface area contributed by atoms with E-state index in [1.54, 1.807) is 12.1 Å². The molecule has 0 bridgehead atoms. The van der Waals surface area contributed by atoms with Crippen LogP contribution in [0.4, 0.5) is 5.69 Å². The molecule has 32 heavy (non-hydrogen) atoms. The summed E-state index contributed by atoms with van der Waals surface area (Å²) in [7, 11) is 0. The third-order valence-corrected chi connectivity index (χ3v) is 5.53. The molecule has 5 nitrogen and oxygen atoms in total. The van der Waals surface area contributed by atoms with Crippen molar-refractivity contribution in [2.45, 2.75) is 38.7 Å². The van der Waals surface area contributed by atoms with E-state index in [2.05, 4.69) is 5.32 Å². The molecule has 0 heterocycles. The molecule has 0 saturated heterocycles. The van der Waals surface area contributed by atoms with E-state index in [1.165, 1.54) is 0 Å². The number of hydrogen-bond acceptors (Lipinski definition) is 3. The van der Waals surface area contributed by atoms with E-state index >= 15 is 0 Å². The minimum atomic E-state index is -0.776. The van der Waals surface area contributed by atoms with Crippen molar-refractivity contribution in [3.05, 3.63) is 94.5 Å². The second kappa shape index (κ2) is 11.3. The van der Waals surface area contributed by atoms with Crippen molar-refractivity contribution in [3.63, 3.8) is 0 Å². The number of hydrogen-bond donors (Lipinski definition) is 2. The third kappa shape index (κ3) is 6.59. The topological polar surface area (TPSA) is 75.6 Å². The van der Waals surface area contributed by atoms with Gasteiger partial charge in [0, 0.05) is 11.4 Å². The van der Waals surface area contributed by atoms with Crippen molar-refractivity contribution in [2.24, 2.45) is 0 Å². The largest absolute Gasteiger partial charge is 0.487 e. The molecule has 1 unspecified atom stereocenters. The van der Waals surface area contributed by atoms with E-state index in [-0.39, 0.29) is 12.3 Å². The fraction of sp³-hybridized carbons (Fsp3) is 0.231. The number of benzene rings is 3. The van der Waals surface area contributed by atoms with Crippen LogP contribution in [-0.4, -0.2) is 17.0 Å². The maximum atomic E-state index is 12.8. The highest BCUT2D eigenvalue weighted by Crippen LogP contribution is 2.29. The minimum absolute atomic E-state index is 0.167. The summed E-state index contributed by atoms with van der Waals surface area (Å²) >= 11 is 6.24. The number of rotatable bonds is 10. The van der Waals surface area contributed by atoms with E-state index in [4.69, 9.17) is 21.4 Å². The van der Waals surface area contributed by atoms with Gasteiger partial charge in [0.25, 0.3) is 0 Å². The summed E-state index contributed by atoms with van der Waals surface area (Å²) in [5.41, 5.74) is 3.45. The van der Waals surface area contributed by atoms with Gasteiger partial charge in [-0.2, -0.15) is 0 Å². The molecule has 0 aromatic heterocycles. The van der Waals surface area contributed by atoms with Crippen molar-refractivity contribution in [1.29, 1.82) is 0 Å². The molecular weight excluding hydrogens is 426 g/mol. The zero-order valence-corrected chi connectivity index (χ0v) is 18.6. The highest BCUT2D eigenvalue weighted by molar-refractivity contribution is 6.31. The number of aryl methyl sites for hydroxylation is 1. The Labute approximate surface area is 193 Å². The lowest BCUT2D eigenvalue weighted by Crippen LogP contribution is -2.19. The van der Waals surface area contributed by atoms with Crippen LogP contribution in [0.25, 0.3) is 0 Å². The van der Waals surface area contributed by atoms with Gasteiger partial charge < -0.3 is 15.2 Å². The van der Waals surface area contributed by atoms with E-state index in [0.29, 0.717) is 29.5 Å². The van der Waals surface area contributed by atoms with Crippen LogP contribution in [0.3, 0.4) is 0 Å². The molecular formula is C26H26ClNO4. The van der Waals surface area contributed by atoms with Gasteiger partial charge in [0.15, 0.2) is 0 Å². The number of nitrogens with one attached hydrogen (secondary N) is 1. The van der Waals surface area contributed by atoms with Gasteiger partial charge in [-0.3, -0.25) is 9.59 Å². The standard InChI is InChI=1S/C26H26ClNO4/c1-18(21-8-2-3-9-22(21)27)26(31)28-23-10-4-5-11-24(23)32-17-20-15-13-19(14-16-20)7-6-12-25(29)30/h2-5,8-11,13-16,18H,6-7,12,17H2,1H3,(H,28,31)(H,29,30). The monoisotopic (exact) mass is 451 g/mol. The second-order valence-electron chi connectivity index (χ2n) is 7.58. The molecule has 0 fully saturated rings. The molecule has 6 heteroatoms. The molecule has 166 valence electrons.